The van der Waals surface area contributed by atoms with Crippen molar-refractivity contribution in [3.05, 3.63) is 59.9 Å². The van der Waals surface area contributed by atoms with Gasteiger partial charge in [0.2, 0.25) is 5.91 Å². The fraction of sp³-hybridized carbons (Fsp3) is 0.480. The number of piperidine rings is 1. The van der Waals surface area contributed by atoms with E-state index in [0.717, 1.165) is 57.4 Å². The van der Waals surface area contributed by atoms with Crippen molar-refractivity contribution >= 4 is 17.3 Å². The molecule has 2 aromatic rings. The zero-order valence-corrected chi connectivity index (χ0v) is 17.6. The fourth-order valence-electron chi connectivity index (χ4n) is 4.60. The van der Waals surface area contributed by atoms with Gasteiger partial charge in [0.1, 0.15) is 5.82 Å². The van der Waals surface area contributed by atoms with Crippen molar-refractivity contribution in [3.8, 4) is 0 Å². The number of anilines is 2. The van der Waals surface area contributed by atoms with Gasteiger partial charge in [0, 0.05) is 36.4 Å². The van der Waals surface area contributed by atoms with Crippen molar-refractivity contribution < 1.29 is 9.18 Å². The van der Waals surface area contributed by atoms with Gasteiger partial charge in [-0.05, 0) is 80.6 Å². The van der Waals surface area contributed by atoms with Gasteiger partial charge < -0.3 is 15.5 Å². The maximum atomic E-state index is 13.0. The number of benzene rings is 2. The first-order valence-electron chi connectivity index (χ1n) is 11.3. The van der Waals surface area contributed by atoms with Gasteiger partial charge in [-0.3, -0.25) is 4.79 Å². The molecule has 2 aromatic carbocycles. The third-order valence-corrected chi connectivity index (χ3v) is 6.48. The molecular weight excluding hydrogens is 377 g/mol. The van der Waals surface area contributed by atoms with E-state index in [-0.39, 0.29) is 17.6 Å². The summed E-state index contributed by atoms with van der Waals surface area (Å²) in [6, 6.07) is 15.6. The number of rotatable bonds is 7. The van der Waals surface area contributed by atoms with Crippen molar-refractivity contribution in [2.45, 2.75) is 51.0 Å². The summed E-state index contributed by atoms with van der Waals surface area (Å²) in [5.74, 6) is 0.190. The summed E-state index contributed by atoms with van der Waals surface area (Å²) < 4.78 is 13.0. The Morgan fingerprint density at radius 3 is 2.27 bits per heavy atom. The zero-order chi connectivity index (χ0) is 20.8. The van der Waals surface area contributed by atoms with Crippen LogP contribution in [0.1, 0.15) is 44.1 Å². The first kappa shape index (κ1) is 20.9. The van der Waals surface area contributed by atoms with Crippen LogP contribution >= 0.6 is 0 Å². The Labute approximate surface area is 178 Å². The highest BCUT2D eigenvalue weighted by atomic mass is 19.1. The summed E-state index contributed by atoms with van der Waals surface area (Å²) in [6.07, 6.45) is 7.55. The van der Waals surface area contributed by atoms with Crippen LogP contribution in [0.2, 0.25) is 0 Å². The van der Waals surface area contributed by atoms with Crippen molar-refractivity contribution in [3.63, 3.8) is 0 Å². The Morgan fingerprint density at radius 1 is 0.933 bits per heavy atom. The second-order valence-corrected chi connectivity index (χ2v) is 8.61. The van der Waals surface area contributed by atoms with Crippen LogP contribution in [0, 0.1) is 11.7 Å². The molecule has 4 rings (SSSR count). The Balaban J connectivity index is 1.19. The van der Waals surface area contributed by atoms with Gasteiger partial charge in [-0.25, -0.2) is 4.39 Å². The molecule has 5 heteroatoms. The quantitative estimate of drug-likeness (QED) is 0.693. The molecule has 1 saturated carbocycles. The topological polar surface area (TPSA) is 44.4 Å². The van der Waals surface area contributed by atoms with Crippen molar-refractivity contribution in [1.82, 2.24) is 5.32 Å². The molecule has 1 saturated heterocycles. The van der Waals surface area contributed by atoms with Crippen LogP contribution in [0.25, 0.3) is 0 Å². The third kappa shape index (κ3) is 5.60. The maximum Gasteiger partial charge on any atom is 0.227 e. The molecule has 160 valence electrons. The second-order valence-electron chi connectivity index (χ2n) is 8.61. The molecule has 1 amide bonds. The van der Waals surface area contributed by atoms with Crippen LogP contribution < -0.4 is 15.5 Å². The molecule has 1 aliphatic heterocycles. The molecule has 4 nitrogen and oxygen atoms in total. The molecular formula is C25H32FN3O. The van der Waals surface area contributed by atoms with E-state index < -0.39 is 0 Å². The van der Waals surface area contributed by atoms with Crippen molar-refractivity contribution in [1.29, 1.82) is 0 Å². The molecule has 0 aromatic heterocycles. The summed E-state index contributed by atoms with van der Waals surface area (Å²) in [6.45, 7) is 2.98. The van der Waals surface area contributed by atoms with Gasteiger partial charge in [0.15, 0.2) is 0 Å². The van der Waals surface area contributed by atoms with Crippen LogP contribution in [0.3, 0.4) is 0 Å². The lowest BCUT2D eigenvalue weighted by Gasteiger charge is -2.34. The molecule has 0 bridgehead atoms. The van der Waals surface area contributed by atoms with E-state index in [0.29, 0.717) is 6.04 Å². The predicted molar refractivity (Wildman–Crippen MR) is 120 cm³/mol. The Bertz CT molecular complexity index is 807. The lowest BCUT2D eigenvalue weighted by molar-refractivity contribution is -0.119. The molecule has 1 heterocycles. The fourth-order valence-corrected chi connectivity index (χ4v) is 4.60. The summed E-state index contributed by atoms with van der Waals surface area (Å²) in [5, 5.41) is 6.72. The minimum Gasteiger partial charge on any atom is -0.371 e. The Kier molecular flexibility index (Phi) is 7.00. The molecule has 2 N–H and O–H groups in total. The number of amides is 1. The minimum atomic E-state index is -0.177. The average molecular weight is 410 g/mol. The average Bonchev–Trinajstić information content (AvgIpc) is 3.32. The van der Waals surface area contributed by atoms with Gasteiger partial charge in [0.25, 0.3) is 0 Å². The number of nitrogens with zero attached hydrogens (tertiary/aromatic N) is 1. The summed E-state index contributed by atoms with van der Waals surface area (Å²) in [5.41, 5.74) is 3.29. The summed E-state index contributed by atoms with van der Waals surface area (Å²) in [7, 11) is 0. The van der Waals surface area contributed by atoms with Crippen LogP contribution in [0.4, 0.5) is 15.8 Å². The van der Waals surface area contributed by atoms with Gasteiger partial charge >= 0.3 is 0 Å². The highest BCUT2D eigenvalue weighted by molar-refractivity contribution is 5.92. The molecule has 2 fully saturated rings. The molecule has 2 aliphatic rings. The van der Waals surface area contributed by atoms with Crippen LogP contribution in [0.5, 0.6) is 0 Å². The number of nitrogens with one attached hydrogen (secondary N) is 2. The third-order valence-electron chi connectivity index (χ3n) is 6.48. The number of hydrogen-bond donors (Lipinski definition) is 2. The van der Waals surface area contributed by atoms with Crippen LogP contribution in [-0.2, 0) is 11.2 Å². The number of carbonyl (C=O) groups excluding carboxylic acids is 1. The van der Waals surface area contributed by atoms with E-state index in [1.807, 2.05) is 24.3 Å². The maximum absolute atomic E-state index is 13.0. The minimum absolute atomic E-state index is 0.174. The van der Waals surface area contributed by atoms with E-state index in [4.69, 9.17) is 0 Å². The van der Waals surface area contributed by atoms with Gasteiger partial charge in [-0.15, -0.1) is 0 Å². The summed E-state index contributed by atoms with van der Waals surface area (Å²) in [4.78, 5) is 14.7. The number of halogens is 1. The number of carbonyl (C=O) groups is 1. The van der Waals surface area contributed by atoms with E-state index >= 15 is 0 Å². The molecule has 0 radical (unpaired) electrons. The van der Waals surface area contributed by atoms with Crippen molar-refractivity contribution in [2.75, 3.05) is 29.9 Å². The highest BCUT2D eigenvalue weighted by Gasteiger charge is 2.23. The largest absolute Gasteiger partial charge is 0.371 e. The smallest absolute Gasteiger partial charge is 0.227 e. The van der Waals surface area contributed by atoms with Crippen molar-refractivity contribution in [2.24, 2.45) is 5.92 Å². The lowest BCUT2D eigenvalue weighted by Crippen LogP contribution is -2.43. The highest BCUT2D eigenvalue weighted by Crippen LogP contribution is 2.27. The molecule has 0 spiro atoms. The van der Waals surface area contributed by atoms with Gasteiger partial charge in [-0.2, -0.15) is 0 Å². The molecule has 0 atom stereocenters. The Hall–Kier alpha value is -2.40. The second kappa shape index (κ2) is 10.1. The standard InChI is InChI=1S/C25H32FN3O/c26-21-7-5-19(6-8-21)13-16-27-22-14-17-29(18-15-22)24-11-9-23(10-12-24)28-25(30)20-3-1-2-4-20/h5-12,20,22,27H,1-4,13-18H2,(H,28,30). The van der Waals surface area contributed by atoms with E-state index in [1.165, 1.54) is 36.2 Å². The molecule has 30 heavy (non-hydrogen) atoms. The normalized spacial score (nSPS) is 18.0. The molecule has 1 aliphatic carbocycles. The first-order valence-corrected chi connectivity index (χ1v) is 11.3. The monoisotopic (exact) mass is 409 g/mol. The van der Waals surface area contributed by atoms with Crippen LogP contribution in [0.15, 0.2) is 48.5 Å². The lowest BCUT2D eigenvalue weighted by atomic mass is 10.0. The zero-order valence-electron chi connectivity index (χ0n) is 17.6. The van der Waals surface area contributed by atoms with E-state index in [2.05, 4.69) is 27.7 Å². The van der Waals surface area contributed by atoms with E-state index in [9.17, 15) is 9.18 Å². The van der Waals surface area contributed by atoms with E-state index in [1.54, 1.807) is 0 Å². The van der Waals surface area contributed by atoms with Gasteiger partial charge in [-0.1, -0.05) is 25.0 Å². The van der Waals surface area contributed by atoms with Gasteiger partial charge in [0.05, 0.1) is 0 Å². The SMILES string of the molecule is O=C(Nc1ccc(N2CCC(NCCc3ccc(F)cc3)CC2)cc1)C1CCCC1. The summed E-state index contributed by atoms with van der Waals surface area (Å²) >= 11 is 0. The Morgan fingerprint density at radius 2 is 1.60 bits per heavy atom. The molecule has 0 unspecified atom stereocenters. The predicted octanol–water partition coefficient (Wildman–Crippen LogP) is 4.76. The van der Waals surface area contributed by atoms with Crippen LogP contribution in [-0.4, -0.2) is 31.6 Å². The number of hydrogen-bond acceptors (Lipinski definition) is 3. The first-order chi connectivity index (χ1) is 14.7.